The van der Waals surface area contributed by atoms with Crippen molar-refractivity contribution in [1.29, 1.82) is 0 Å². The number of piperazine rings is 1. The van der Waals surface area contributed by atoms with Crippen LogP contribution < -0.4 is 9.47 Å². The predicted octanol–water partition coefficient (Wildman–Crippen LogP) is 1.03. The third-order valence-electron chi connectivity index (χ3n) is 6.15. The van der Waals surface area contributed by atoms with Gasteiger partial charge in [0.15, 0.2) is 6.61 Å². The number of nitrogens with zero attached hydrogens (tertiary/aromatic N) is 3. The SMILES string of the molecule is CCC1(N2CCN(C(=O)COc3ccc(OC)cc3)CC2)CCN(S(C)(=O)=O)C1. The fourth-order valence-electron chi connectivity index (χ4n) is 4.21. The molecule has 0 bridgehead atoms. The van der Waals surface area contributed by atoms with Crippen LogP contribution in [0.1, 0.15) is 19.8 Å². The lowest BCUT2D eigenvalue weighted by atomic mass is 9.92. The molecule has 1 aromatic carbocycles. The van der Waals surface area contributed by atoms with Crippen molar-refractivity contribution in [3.05, 3.63) is 24.3 Å². The van der Waals surface area contributed by atoms with Crippen molar-refractivity contribution >= 4 is 15.9 Å². The lowest BCUT2D eigenvalue weighted by Gasteiger charge is -2.45. The van der Waals surface area contributed by atoms with Gasteiger partial charge in [0, 0.05) is 44.8 Å². The number of carbonyl (C=O) groups is 1. The molecule has 29 heavy (non-hydrogen) atoms. The maximum atomic E-state index is 12.5. The smallest absolute Gasteiger partial charge is 0.260 e. The average molecular weight is 426 g/mol. The lowest BCUT2D eigenvalue weighted by Crippen LogP contribution is -2.59. The number of methoxy groups -OCH3 is 1. The van der Waals surface area contributed by atoms with Crippen LogP contribution in [0.15, 0.2) is 24.3 Å². The highest BCUT2D eigenvalue weighted by atomic mass is 32.2. The van der Waals surface area contributed by atoms with Gasteiger partial charge in [-0.1, -0.05) is 6.92 Å². The molecule has 0 radical (unpaired) electrons. The number of hydrogen-bond donors (Lipinski definition) is 0. The first-order valence-electron chi connectivity index (χ1n) is 10.0. The van der Waals surface area contributed by atoms with Gasteiger partial charge in [0.05, 0.1) is 13.4 Å². The zero-order valence-electron chi connectivity index (χ0n) is 17.5. The van der Waals surface area contributed by atoms with E-state index >= 15 is 0 Å². The van der Waals surface area contributed by atoms with Gasteiger partial charge in [0.25, 0.3) is 5.91 Å². The molecule has 0 spiro atoms. The maximum Gasteiger partial charge on any atom is 0.260 e. The third-order valence-corrected chi connectivity index (χ3v) is 7.40. The summed E-state index contributed by atoms with van der Waals surface area (Å²) in [7, 11) is -1.56. The van der Waals surface area contributed by atoms with E-state index in [1.807, 2.05) is 4.90 Å². The average Bonchev–Trinajstić information content (AvgIpc) is 3.19. The second-order valence-electron chi connectivity index (χ2n) is 7.76. The number of amides is 1. The first-order chi connectivity index (χ1) is 13.8. The van der Waals surface area contributed by atoms with Crippen LogP contribution in [0.25, 0.3) is 0 Å². The van der Waals surface area contributed by atoms with Crippen LogP contribution in [0.2, 0.25) is 0 Å². The molecule has 0 N–H and O–H groups in total. The molecule has 1 unspecified atom stereocenters. The third kappa shape index (κ3) is 5.02. The summed E-state index contributed by atoms with van der Waals surface area (Å²) in [6.07, 6.45) is 3.01. The van der Waals surface area contributed by atoms with E-state index < -0.39 is 10.0 Å². The van der Waals surface area contributed by atoms with Crippen molar-refractivity contribution < 1.29 is 22.7 Å². The molecule has 2 heterocycles. The van der Waals surface area contributed by atoms with Crippen LogP contribution in [0, 0.1) is 0 Å². The Kier molecular flexibility index (Phi) is 6.70. The molecule has 0 saturated carbocycles. The van der Waals surface area contributed by atoms with Crippen molar-refractivity contribution in [3.8, 4) is 11.5 Å². The summed E-state index contributed by atoms with van der Waals surface area (Å²) < 4.78 is 36.1. The minimum Gasteiger partial charge on any atom is -0.497 e. The van der Waals surface area contributed by atoms with Crippen molar-refractivity contribution in [2.24, 2.45) is 0 Å². The van der Waals surface area contributed by atoms with Crippen molar-refractivity contribution in [2.75, 3.05) is 59.2 Å². The normalized spacial score (nSPS) is 23.9. The summed E-state index contributed by atoms with van der Waals surface area (Å²) in [5.41, 5.74) is -0.127. The topological polar surface area (TPSA) is 79.4 Å². The number of hydrogen-bond acceptors (Lipinski definition) is 6. The number of sulfonamides is 1. The standard InChI is InChI=1S/C20H31N3O5S/c1-4-20(9-10-23(16-20)29(3,25)26)22-13-11-21(12-14-22)19(24)15-28-18-7-5-17(27-2)6-8-18/h5-8H,4,9-16H2,1-3H3. The van der Waals surface area contributed by atoms with Gasteiger partial charge in [0.2, 0.25) is 10.0 Å². The summed E-state index contributed by atoms with van der Waals surface area (Å²) in [5, 5.41) is 0. The van der Waals surface area contributed by atoms with Crippen LogP contribution in [-0.4, -0.2) is 93.2 Å². The van der Waals surface area contributed by atoms with Gasteiger partial charge in [0.1, 0.15) is 11.5 Å². The highest BCUT2D eigenvalue weighted by Crippen LogP contribution is 2.33. The van der Waals surface area contributed by atoms with E-state index in [1.165, 1.54) is 6.26 Å². The number of ether oxygens (including phenoxy) is 2. The Hall–Kier alpha value is -1.84. The largest absolute Gasteiger partial charge is 0.497 e. The van der Waals surface area contributed by atoms with E-state index in [-0.39, 0.29) is 18.1 Å². The van der Waals surface area contributed by atoms with Gasteiger partial charge in [-0.25, -0.2) is 12.7 Å². The molecule has 2 fully saturated rings. The summed E-state index contributed by atoms with van der Waals surface area (Å²) in [4.78, 5) is 16.7. The van der Waals surface area contributed by atoms with E-state index in [0.29, 0.717) is 31.9 Å². The highest BCUT2D eigenvalue weighted by Gasteiger charge is 2.45. The second kappa shape index (κ2) is 8.89. The van der Waals surface area contributed by atoms with E-state index in [2.05, 4.69) is 11.8 Å². The number of benzene rings is 1. The lowest BCUT2D eigenvalue weighted by molar-refractivity contribution is -0.136. The summed E-state index contributed by atoms with van der Waals surface area (Å²) >= 11 is 0. The van der Waals surface area contributed by atoms with Gasteiger partial charge < -0.3 is 14.4 Å². The van der Waals surface area contributed by atoms with Gasteiger partial charge in [-0.05, 0) is 37.1 Å². The van der Waals surface area contributed by atoms with Gasteiger partial charge >= 0.3 is 0 Å². The van der Waals surface area contributed by atoms with E-state index in [9.17, 15) is 13.2 Å². The van der Waals surface area contributed by atoms with Gasteiger partial charge in [-0.15, -0.1) is 0 Å². The minimum absolute atomic E-state index is 0.00705. The molecule has 2 saturated heterocycles. The quantitative estimate of drug-likeness (QED) is 0.649. The van der Waals surface area contributed by atoms with Crippen molar-refractivity contribution in [3.63, 3.8) is 0 Å². The minimum atomic E-state index is -3.17. The number of rotatable bonds is 7. The first kappa shape index (κ1) is 21.9. The van der Waals surface area contributed by atoms with Crippen molar-refractivity contribution in [2.45, 2.75) is 25.3 Å². The van der Waals surface area contributed by atoms with Crippen LogP contribution in [-0.2, 0) is 14.8 Å². The molecule has 162 valence electrons. The van der Waals surface area contributed by atoms with E-state index in [4.69, 9.17) is 9.47 Å². The maximum absolute atomic E-state index is 12.5. The second-order valence-corrected chi connectivity index (χ2v) is 9.74. The number of carbonyl (C=O) groups excluding carboxylic acids is 1. The van der Waals surface area contributed by atoms with Gasteiger partial charge in [-0.2, -0.15) is 0 Å². The fraction of sp³-hybridized carbons (Fsp3) is 0.650. The molecule has 1 aromatic rings. The Bertz CT molecular complexity index is 806. The van der Waals surface area contributed by atoms with Crippen molar-refractivity contribution in [1.82, 2.24) is 14.1 Å². The first-order valence-corrected chi connectivity index (χ1v) is 11.9. The van der Waals surface area contributed by atoms with Crippen LogP contribution in [0.4, 0.5) is 0 Å². The molecule has 0 aromatic heterocycles. The zero-order valence-corrected chi connectivity index (χ0v) is 18.3. The summed E-state index contributed by atoms with van der Waals surface area (Å²) in [6.45, 7) is 5.99. The summed E-state index contributed by atoms with van der Waals surface area (Å²) in [5.74, 6) is 1.34. The van der Waals surface area contributed by atoms with E-state index in [0.717, 1.165) is 31.7 Å². The Labute approximate surface area is 173 Å². The molecular weight excluding hydrogens is 394 g/mol. The molecule has 1 atom stereocenters. The van der Waals surface area contributed by atoms with Crippen LogP contribution in [0.3, 0.4) is 0 Å². The molecule has 0 aliphatic carbocycles. The molecule has 1 amide bonds. The summed E-state index contributed by atoms with van der Waals surface area (Å²) in [6, 6.07) is 7.15. The molecule has 2 aliphatic heterocycles. The Morgan fingerprint density at radius 2 is 1.69 bits per heavy atom. The molecular formula is C20H31N3O5S. The van der Waals surface area contributed by atoms with Gasteiger partial charge in [-0.3, -0.25) is 9.69 Å². The predicted molar refractivity (Wildman–Crippen MR) is 111 cm³/mol. The molecule has 2 aliphatic rings. The zero-order chi connectivity index (χ0) is 21.1. The van der Waals surface area contributed by atoms with Crippen LogP contribution in [0.5, 0.6) is 11.5 Å². The fourth-order valence-corrected chi connectivity index (χ4v) is 5.11. The molecule has 9 heteroatoms. The Morgan fingerprint density at radius 3 is 2.21 bits per heavy atom. The Balaban J connectivity index is 1.51. The van der Waals surface area contributed by atoms with Crippen LogP contribution >= 0.6 is 0 Å². The molecule has 8 nitrogen and oxygen atoms in total. The molecule has 3 rings (SSSR count). The van der Waals surface area contributed by atoms with E-state index in [1.54, 1.807) is 35.7 Å². The highest BCUT2D eigenvalue weighted by molar-refractivity contribution is 7.88. The monoisotopic (exact) mass is 425 g/mol. The Morgan fingerprint density at radius 1 is 1.07 bits per heavy atom.